The first-order valence-corrected chi connectivity index (χ1v) is 20.2. The summed E-state index contributed by atoms with van der Waals surface area (Å²) in [5.74, 6) is 0.162. The quantitative estimate of drug-likeness (QED) is 0.0426. The first-order valence-electron chi connectivity index (χ1n) is 18.6. The first kappa shape index (κ1) is 43.9. The van der Waals surface area contributed by atoms with Crippen LogP contribution >= 0.6 is 0 Å². The third-order valence-electron chi connectivity index (χ3n) is 9.22. The number of nitrogens with zero attached hydrogens (tertiary/aromatic N) is 1. The van der Waals surface area contributed by atoms with Crippen molar-refractivity contribution in [1.29, 1.82) is 0 Å². The van der Waals surface area contributed by atoms with Crippen LogP contribution in [-0.4, -0.2) is 58.1 Å². The molecule has 0 aliphatic rings. The molecule has 0 aromatic carbocycles. The van der Waals surface area contributed by atoms with Crippen LogP contribution in [0.5, 0.6) is 0 Å². The molecule has 0 fully saturated rings. The number of hydrogen-bond acceptors (Lipinski definition) is 3. The molecule has 6 heteroatoms. The van der Waals surface area contributed by atoms with E-state index in [4.69, 9.17) is 4.18 Å². The molecule has 0 atom stereocenters. The highest BCUT2D eigenvalue weighted by molar-refractivity contribution is 7.86. The van der Waals surface area contributed by atoms with Crippen LogP contribution in [-0.2, 0) is 14.3 Å². The maximum atomic E-state index is 12.0. The fourth-order valence-corrected chi connectivity index (χ4v) is 6.72. The summed E-state index contributed by atoms with van der Waals surface area (Å²) >= 11 is 0. The predicted molar refractivity (Wildman–Crippen MR) is 185 cm³/mol. The topological polar surface area (TPSA) is 43.4 Å². The van der Waals surface area contributed by atoms with Crippen molar-refractivity contribution in [1.82, 2.24) is 0 Å². The highest BCUT2D eigenvalue weighted by Gasteiger charge is 2.16. The Kier molecular flexibility index (Phi) is 35.2. The minimum atomic E-state index is -3.34. The number of halogens is 1. The SMILES string of the molecule is CCCCCCCCCCCCCCCCOS(=O)(=O)CCCCCCCCCCCCF.CC[N+](CC)(CC)CC. The Labute approximate surface area is 265 Å². The summed E-state index contributed by atoms with van der Waals surface area (Å²) in [6, 6.07) is 0. The average molecular weight is 623 g/mol. The lowest BCUT2D eigenvalue weighted by Crippen LogP contribution is -2.47. The number of unbranched alkanes of at least 4 members (excludes halogenated alkanes) is 22. The Morgan fingerprint density at radius 1 is 0.452 bits per heavy atom. The Balaban J connectivity index is 0. The van der Waals surface area contributed by atoms with E-state index in [1.54, 1.807) is 0 Å². The fraction of sp³-hybridized carbons (Fsp3) is 1.00. The molecule has 0 aromatic rings. The molecule has 4 nitrogen and oxygen atoms in total. The number of alkyl halides is 1. The summed E-state index contributed by atoms with van der Waals surface area (Å²) in [5, 5.41) is 0. The van der Waals surface area contributed by atoms with E-state index in [-0.39, 0.29) is 12.4 Å². The third-order valence-corrected chi connectivity index (χ3v) is 10.5. The van der Waals surface area contributed by atoms with Crippen molar-refractivity contribution in [3.05, 3.63) is 0 Å². The fourth-order valence-electron chi connectivity index (χ4n) is 5.67. The summed E-state index contributed by atoms with van der Waals surface area (Å²) in [7, 11) is -3.34. The van der Waals surface area contributed by atoms with Gasteiger partial charge in [0.15, 0.2) is 0 Å². The molecular formula is C36H77FNO3S+. The van der Waals surface area contributed by atoms with Gasteiger partial charge in [0.2, 0.25) is 0 Å². The van der Waals surface area contributed by atoms with Crippen LogP contribution in [0.25, 0.3) is 0 Å². The van der Waals surface area contributed by atoms with Crippen molar-refractivity contribution in [2.75, 3.05) is 45.2 Å². The second-order valence-electron chi connectivity index (χ2n) is 12.5. The van der Waals surface area contributed by atoms with Gasteiger partial charge in [0.25, 0.3) is 10.1 Å². The van der Waals surface area contributed by atoms with Crippen LogP contribution in [0.3, 0.4) is 0 Å². The summed E-state index contributed by atoms with van der Waals surface area (Å²) in [6.45, 7) is 16.7. The van der Waals surface area contributed by atoms with Gasteiger partial charge >= 0.3 is 0 Å². The van der Waals surface area contributed by atoms with E-state index in [0.29, 0.717) is 19.4 Å². The van der Waals surface area contributed by atoms with Crippen molar-refractivity contribution < 1.29 is 21.5 Å². The highest BCUT2D eigenvalue weighted by atomic mass is 32.2. The molecule has 0 unspecified atom stereocenters. The van der Waals surface area contributed by atoms with E-state index >= 15 is 0 Å². The van der Waals surface area contributed by atoms with Gasteiger partial charge in [0.05, 0.1) is 45.2 Å². The third kappa shape index (κ3) is 31.2. The van der Waals surface area contributed by atoms with Crippen LogP contribution in [0.15, 0.2) is 0 Å². The van der Waals surface area contributed by atoms with E-state index in [1.807, 2.05) is 0 Å². The lowest BCUT2D eigenvalue weighted by Gasteiger charge is -2.34. The molecule has 0 bridgehead atoms. The van der Waals surface area contributed by atoms with Crippen LogP contribution < -0.4 is 0 Å². The second kappa shape index (κ2) is 33.7. The maximum absolute atomic E-state index is 12.0. The van der Waals surface area contributed by atoms with Gasteiger partial charge in [-0.05, 0) is 47.0 Å². The number of hydrogen-bond donors (Lipinski definition) is 0. The predicted octanol–water partition coefficient (Wildman–Crippen LogP) is 11.6. The van der Waals surface area contributed by atoms with Gasteiger partial charge in [-0.3, -0.25) is 8.57 Å². The van der Waals surface area contributed by atoms with Gasteiger partial charge in [-0.1, -0.05) is 142 Å². The van der Waals surface area contributed by atoms with E-state index in [1.165, 1.54) is 133 Å². The molecule has 256 valence electrons. The van der Waals surface area contributed by atoms with Gasteiger partial charge in [0.1, 0.15) is 0 Å². The molecule has 0 heterocycles. The minimum absolute atomic E-state index is 0.162. The van der Waals surface area contributed by atoms with Crippen LogP contribution in [0.1, 0.15) is 189 Å². The van der Waals surface area contributed by atoms with Crippen molar-refractivity contribution in [3.63, 3.8) is 0 Å². The van der Waals surface area contributed by atoms with E-state index < -0.39 is 10.1 Å². The molecular weight excluding hydrogens is 545 g/mol. The van der Waals surface area contributed by atoms with Crippen molar-refractivity contribution >= 4 is 10.1 Å². The maximum Gasteiger partial charge on any atom is 0.267 e. The van der Waals surface area contributed by atoms with Crippen LogP contribution in [0.4, 0.5) is 4.39 Å². The molecule has 42 heavy (non-hydrogen) atoms. The summed E-state index contributed by atoms with van der Waals surface area (Å²) in [5.41, 5.74) is 0. The Morgan fingerprint density at radius 2 is 0.762 bits per heavy atom. The van der Waals surface area contributed by atoms with Gasteiger partial charge < -0.3 is 4.48 Å². The van der Waals surface area contributed by atoms with Crippen LogP contribution in [0, 0.1) is 0 Å². The molecule has 0 radical (unpaired) electrons. The average Bonchev–Trinajstić information content (AvgIpc) is 2.99. The van der Waals surface area contributed by atoms with Crippen molar-refractivity contribution in [2.24, 2.45) is 0 Å². The zero-order chi connectivity index (χ0) is 31.6. The smallest absolute Gasteiger partial charge is 0.267 e. The van der Waals surface area contributed by atoms with E-state index in [0.717, 1.165) is 38.5 Å². The summed E-state index contributed by atoms with van der Waals surface area (Å²) in [6.07, 6.45) is 28.6. The zero-order valence-corrected chi connectivity index (χ0v) is 30.2. The number of rotatable bonds is 32. The molecule has 0 aliphatic carbocycles. The summed E-state index contributed by atoms with van der Waals surface area (Å²) in [4.78, 5) is 0. The molecule has 0 amide bonds. The van der Waals surface area contributed by atoms with Gasteiger partial charge in [0, 0.05) is 0 Å². The van der Waals surface area contributed by atoms with E-state index in [2.05, 4.69) is 34.6 Å². The van der Waals surface area contributed by atoms with Gasteiger partial charge in [-0.15, -0.1) is 0 Å². The second-order valence-corrected chi connectivity index (χ2v) is 14.3. The normalized spacial score (nSPS) is 12.0. The molecule has 0 aromatic heterocycles. The molecule has 0 saturated heterocycles. The Morgan fingerprint density at radius 3 is 1.07 bits per heavy atom. The van der Waals surface area contributed by atoms with Crippen molar-refractivity contribution in [2.45, 2.75) is 189 Å². The van der Waals surface area contributed by atoms with Gasteiger partial charge in [-0.2, -0.15) is 8.42 Å². The Bertz CT molecular complexity index is 593. The van der Waals surface area contributed by atoms with Crippen molar-refractivity contribution in [3.8, 4) is 0 Å². The molecule has 0 saturated carbocycles. The monoisotopic (exact) mass is 623 g/mol. The lowest BCUT2D eigenvalue weighted by molar-refractivity contribution is -0.921. The number of quaternary nitrogens is 1. The molecule has 0 spiro atoms. The van der Waals surface area contributed by atoms with Gasteiger partial charge in [-0.25, -0.2) is 0 Å². The van der Waals surface area contributed by atoms with Crippen LogP contribution in [0.2, 0.25) is 0 Å². The highest BCUT2D eigenvalue weighted by Crippen LogP contribution is 2.14. The first-order chi connectivity index (χ1) is 20.4. The standard InChI is InChI=1S/C28H57FO3S.C8H20N/c1-2-3-4-5-6-7-8-9-10-12-15-18-21-24-27-32-33(30,31)28-25-22-19-16-13-11-14-17-20-23-26-29;1-5-9(6-2,7-3)8-4/h2-28H2,1H3;5-8H2,1-4H3/q;+1. The Hall–Kier alpha value is -0.200. The summed E-state index contributed by atoms with van der Waals surface area (Å²) < 4.78 is 42.4. The van der Waals surface area contributed by atoms with E-state index in [9.17, 15) is 12.8 Å². The zero-order valence-electron chi connectivity index (χ0n) is 29.4. The molecule has 0 rings (SSSR count). The molecule has 0 aliphatic heterocycles. The minimum Gasteiger partial charge on any atom is -0.325 e. The lowest BCUT2D eigenvalue weighted by atomic mass is 10.0. The molecule has 0 N–H and O–H groups in total. The largest absolute Gasteiger partial charge is 0.325 e.